The molecule has 10 heteroatoms. The number of thioether (sulfide) groups is 1. The summed E-state index contributed by atoms with van der Waals surface area (Å²) >= 11 is 2.69. The fourth-order valence-corrected chi connectivity index (χ4v) is 4.38. The van der Waals surface area contributed by atoms with Crippen molar-refractivity contribution in [2.24, 2.45) is 0 Å². The van der Waals surface area contributed by atoms with Gasteiger partial charge in [0.05, 0.1) is 5.75 Å². The van der Waals surface area contributed by atoms with Gasteiger partial charge in [-0.15, -0.1) is 20.4 Å². The molecular formula is C22H22N6O2S2. The normalized spacial score (nSPS) is 10.8. The standard InChI is InChI=1S/C22H22N6O2S2/c1-3-20-25-26-21(32-20)23-19(29)14-31-22-27-24-18(28(22)16-10-5-4-6-11-16)13-30-17-12-8-7-9-15(17)2/h4-12H,3,13-14H2,1-2H3,(H,23,26,29). The fraction of sp³-hybridized carbons (Fsp3) is 0.227. The fourth-order valence-electron chi connectivity index (χ4n) is 2.92. The number of aryl methyl sites for hydroxylation is 2. The average Bonchev–Trinajstić information content (AvgIpc) is 3.44. The van der Waals surface area contributed by atoms with Crippen LogP contribution in [0.25, 0.3) is 5.69 Å². The average molecular weight is 467 g/mol. The second kappa shape index (κ2) is 10.4. The van der Waals surface area contributed by atoms with E-state index in [2.05, 4.69) is 25.7 Å². The van der Waals surface area contributed by atoms with Gasteiger partial charge in [0, 0.05) is 5.69 Å². The number of benzene rings is 2. The quantitative estimate of drug-likeness (QED) is 0.368. The van der Waals surface area contributed by atoms with E-state index in [0.29, 0.717) is 16.1 Å². The number of rotatable bonds is 9. The first-order valence-electron chi connectivity index (χ1n) is 10.1. The molecule has 0 saturated heterocycles. The van der Waals surface area contributed by atoms with Crippen molar-refractivity contribution in [3.8, 4) is 11.4 Å². The molecule has 1 amide bonds. The third kappa shape index (κ3) is 5.32. The van der Waals surface area contributed by atoms with Crippen LogP contribution in [-0.4, -0.2) is 36.6 Å². The highest BCUT2D eigenvalue weighted by Crippen LogP contribution is 2.24. The zero-order chi connectivity index (χ0) is 22.3. The van der Waals surface area contributed by atoms with Crippen LogP contribution in [-0.2, 0) is 17.8 Å². The highest BCUT2D eigenvalue weighted by Gasteiger charge is 2.17. The number of para-hydroxylation sites is 2. The van der Waals surface area contributed by atoms with Crippen LogP contribution in [0.5, 0.6) is 5.75 Å². The molecule has 4 aromatic rings. The van der Waals surface area contributed by atoms with Gasteiger partial charge in [0.1, 0.15) is 17.4 Å². The molecule has 0 aliphatic heterocycles. The van der Waals surface area contributed by atoms with Crippen molar-refractivity contribution in [2.45, 2.75) is 32.0 Å². The smallest absolute Gasteiger partial charge is 0.236 e. The molecule has 0 aliphatic carbocycles. The van der Waals surface area contributed by atoms with Crippen molar-refractivity contribution >= 4 is 34.1 Å². The second-order valence-corrected chi connectivity index (χ2v) is 8.82. The molecule has 2 aromatic carbocycles. The summed E-state index contributed by atoms with van der Waals surface area (Å²) in [7, 11) is 0. The highest BCUT2D eigenvalue weighted by molar-refractivity contribution is 7.99. The van der Waals surface area contributed by atoms with E-state index in [1.165, 1.54) is 23.1 Å². The van der Waals surface area contributed by atoms with Gasteiger partial charge < -0.3 is 4.74 Å². The molecule has 0 aliphatic rings. The van der Waals surface area contributed by atoms with Gasteiger partial charge in [0.2, 0.25) is 11.0 Å². The van der Waals surface area contributed by atoms with Crippen molar-refractivity contribution in [1.29, 1.82) is 0 Å². The lowest BCUT2D eigenvalue weighted by Gasteiger charge is -2.12. The van der Waals surface area contributed by atoms with Crippen LogP contribution < -0.4 is 10.1 Å². The number of amides is 1. The van der Waals surface area contributed by atoms with Crippen molar-refractivity contribution in [3.05, 3.63) is 71.0 Å². The number of aromatic nitrogens is 5. The SMILES string of the molecule is CCc1nnc(NC(=O)CSc2nnc(COc3ccccc3C)n2-c2ccccc2)s1. The third-order valence-corrected chi connectivity index (χ3v) is 6.43. The summed E-state index contributed by atoms with van der Waals surface area (Å²) < 4.78 is 7.90. The Morgan fingerprint density at radius 3 is 2.59 bits per heavy atom. The van der Waals surface area contributed by atoms with Crippen LogP contribution in [0.1, 0.15) is 23.3 Å². The van der Waals surface area contributed by atoms with Gasteiger partial charge >= 0.3 is 0 Å². The van der Waals surface area contributed by atoms with E-state index < -0.39 is 0 Å². The summed E-state index contributed by atoms with van der Waals surface area (Å²) in [6.45, 7) is 4.25. The summed E-state index contributed by atoms with van der Waals surface area (Å²) in [6, 6.07) is 17.6. The van der Waals surface area contributed by atoms with Gasteiger partial charge in [-0.2, -0.15) is 0 Å². The van der Waals surface area contributed by atoms with E-state index in [4.69, 9.17) is 4.74 Å². The summed E-state index contributed by atoms with van der Waals surface area (Å²) in [4.78, 5) is 12.4. The molecule has 0 radical (unpaired) electrons. The lowest BCUT2D eigenvalue weighted by Crippen LogP contribution is -2.14. The number of carbonyl (C=O) groups excluding carboxylic acids is 1. The van der Waals surface area contributed by atoms with Crippen molar-refractivity contribution in [3.63, 3.8) is 0 Å². The minimum atomic E-state index is -0.172. The van der Waals surface area contributed by atoms with E-state index in [-0.39, 0.29) is 18.3 Å². The molecule has 0 spiro atoms. The first-order valence-corrected chi connectivity index (χ1v) is 11.9. The van der Waals surface area contributed by atoms with Gasteiger partial charge in [0.25, 0.3) is 0 Å². The summed E-state index contributed by atoms with van der Waals surface area (Å²) in [5.41, 5.74) is 1.95. The van der Waals surface area contributed by atoms with E-state index in [1.807, 2.05) is 73.0 Å². The molecule has 1 N–H and O–H groups in total. The van der Waals surface area contributed by atoms with Gasteiger partial charge in [-0.25, -0.2) is 0 Å². The van der Waals surface area contributed by atoms with Crippen LogP contribution in [0.3, 0.4) is 0 Å². The Morgan fingerprint density at radius 1 is 1.06 bits per heavy atom. The van der Waals surface area contributed by atoms with Crippen molar-refractivity contribution in [2.75, 3.05) is 11.1 Å². The van der Waals surface area contributed by atoms with Crippen LogP contribution in [0, 0.1) is 6.92 Å². The number of hydrogen-bond donors (Lipinski definition) is 1. The molecular weight excluding hydrogens is 444 g/mol. The Labute approximate surface area is 194 Å². The Kier molecular flexibility index (Phi) is 7.13. The van der Waals surface area contributed by atoms with Crippen LogP contribution >= 0.6 is 23.1 Å². The lowest BCUT2D eigenvalue weighted by molar-refractivity contribution is -0.113. The maximum Gasteiger partial charge on any atom is 0.236 e. The molecule has 0 fully saturated rings. The van der Waals surface area contributed by atoms with E-state index in [9.17, 15) is 4.79 Å². The summed E-state index contributed by atoms with van der Waals surface area (Å²) in [6.07, 6.45) is 0.788. The Bertz CT molecular complexity index is 1190. The number of nitrogens with zero attached hydrogens (tertiary/aromatic N) is 5. The molecule has 0 atom stereocenters. The first-order chi connectivity index (χ1) is 15.6. The molecule has 32 heavy (non-hydrogen) atoms. The first kappa shape index (κ1) is 22.0. The number of ether oxygens (including phenoxy) is 1. The highest BCUT2D eigenvalue weighted by atomic mass is 32.2. The summed E-state index contributed by atoms with van der Waals surface area (Å²) in [5.74, 6) is 1.45. The maximum atomic E-state index is 12.4. The Balaban J connectivity index is 1.49. The van der Waals surface area contributed by atoms with Crippen LogP contribution in [0.4, 0.5) is 5.13 Å². The number of hydrogen-bond acceptors (Lipinski definition) is 8. The molecule has 2 heterocycles. The second-order valence-electron chi connectivity index (χ2n) is 6.82. The van der Waals surface area contributed by atoms with Gasteiger partial charge in [-0.1, -0.05) is 66.4 Å². The molecule has 4 rings (SSSR count). The number of nitrogens with one attached hydrogen (secondary N) is 1. The predicted octanol–water partition coefficient (Wildman–Crippen LogP) is 4.30. The van der Waals surface area contributed by atoms with E-state index >= 15 is 0 Å². The zero-order valence-corrected chi connectivity index (χ0v) is 19.3. The Hall–Kier alpha value is -3.24. The van der Waals surface area contributed by atoms with E-state index in [1.54, 1.807) is 0 Å². The molecule has 0 unspecified atom stereocenters. The van der Waals surface area contributed by atoms with E-state index in [0.717, 1.165) is 28.4 Å². The van der Waals surface area contributed by atoms with Gasteiger partial charge in [0.15, 0.2) is 11.0 Å². The van der Waals surface area contributed by atoms with Crippen LogP contribution in [0.2, 0.25) is 0 Å². The molecule has 164 valence electrons. The van der Waals surface area contributed by atoms with Crippen LogP contribution in [0.15, 0.2) is 59.8 Å². The monoisotopic (exact) mass is 466 g/mol. The minimum Gasteiger partial charge on any atom is -0.485 e. The zero-order valence-electron chi connectivity index (χ0n) is 17.7. The third-order valence-electron chi connectivity index (χ3n) is 4.51. The number of carbonyl (C=O) groups is 1. The van der Waals surface area contributed by atoms with Gasteiger partial charge in [-0.3, -0.25) is 14.7 Å². The topological polar surface area (TPSA) is 94.8 Å². The summed E-state index contributed by atoms with van der Waals surface area (Å²) in [5, 5.41) is 21.4. The van der Waals surface area contributed by atoms with Crippen molar-refractivity contribution < 1.29 is 9.53 Å². The van der Waals surface area contributed by atoms with Crippen molar-refractivity contribution in [1.82, 2.24) is 25.0 Å². The predicted molar refractivity (Wildman–Crippen MR) is 126 cm³/mol. The minimum absolute atomic E-state index is 0.171. The molecule has 2 aromatic heterocycles. The maximum absolute atomic E-state index is 12.4. The lowest BCUT2D eigenvalue weighted by atomic mass is 10.2. The number of anilines is 1. The molecule has 0 bridgehead atoms. The molecule has 0 saturated carbocycles. The Morgan fingerprint density at radius 2 is 1.84 bits per heavy atom. The molecule has 8 nitrogen and oxygen atoms in total. The largest absolute Gasteiger partial charge is 0.485 e. The van der Waals surface area contributed by atoms with Gasteiger partial charge in [-0.05, 0) is 37.1 Å².